The molecular formula is C8H9ClFNO2. The van der Waals surface area contributed by atoms with Crippen LogP contribution >= 0.6 is 11.6 Å². The minimum absolute atomic E-state index is 0.113. The summed E-state index contributed by atoms with van der Waals surface area (Å²) in [4.78, 5) is 3.53. The molecule has 0 saturated carbocycles. The molecule has 2 N–H and O–H groups in total. The van der Waals surface area contributed by atoms with Gasteiger partial charge in [-0.05, 0) is 6.07 Å². The summed E-state index contributed by atoms with van der Waals surface area (Å²) >= 11 is 5.31. The number of aliphatic hydroxyl groups is 2. The minimum Gasteiger partial charge on any atom is -0.389 e. The van der Waals surface area contributed by atoms with Crippen LogP contribution in [-0.2, 0) is 0 Å². The molecule has 0 aliphatic carbocycles. The molecule has 0 saturated heterocycles. The summed E-state index contributed by atoms with van der Waals surface area (Å²) in [6.45, 7) is 0. The van der Waals surface area contributed by atoms with Gasteiger partial charge >= 0.3 is 0 Å². The zero-order valence-corrected chi connectivity index (χ0v) is 7.45. The van der Waals surface area contributed by atoms with Crippen LogP contribution in [0.25, 0.3) is 0 Å². The highest BCUT2D eigenvalue weighted by atomic mass is 35.5. The Bertz CT molecular complexity index is 285. The van der Waals surface area contributed by atoms with Gasteiger partial charge in [-0.25, -0.2) is 4.39 Å². The van der Waals surface area contributed by atoms with Gasteiger partial charge in [-0.2, -0.15) is 0 Å². The van der Waals surface area contributed by atoms with Crippen LogP contribution in [0.4, 0.5) is 4.39 Å². The Labute approximate surface area is 79.8 Å². The molecule has 1 heterocycles. The highest BCUT2D eigenvalue weighted by Crippen LogP contribution is 2.17. The fraction of sp³-hybridized carbons (Fsp3) is 0.375. The number of alkyl halides is 1. The molecule has 0 radical (unpaired) electrons. The van der Waals surface area contributed by atoms with Gasteiger partial charge in [0.2, 0.25) is 0 Å². The largest absolute Gasteiger partial charge is 0.389 e. The average Bonchev–Trinajstić information content (AvgIpc) is 2.15. The summed E-state index contributed by atoms with van der Waals surface area (Å²) in [5, 5.41) is 18.5. The van der Waals surface area contributed by atoms with Crippen molar-refractivity contribution in [2.24, 2.45) is 0 Å². The quantitative estimate of drug-likeness (QED) is 0.720. The fourth-order valence-corrected chi connectivity index (χ4v) is 1.07. The van der Waals surface area contributed by atoms with Gasteiger partial charge in [0.25, 0.3) is 0 Å². The first-order valence-electron chi connectivity index (χ1n) is 3.67. The SMILES string of the molecule is OC(CCl)C(O)c1cncc(F)c1. The lowest BCUT2D eigenvalue weighted by atomic mass is 10.1. The molecule has 3 nitrogen and oxygen atoms in total. The molecule has 13 heavy (non-hydrogen) atoms. The molecule has 1 aromatic heterocycles. The van der Waals surface area contributed by atoms with E-state index in [-0.39, 0.29) is 11.4 Å². The molecule has 0 bridgehead atoms. The van der Waals surface area contributed by atoms with Crippen LogP contribution in [0, 0.1) is 5.82 Å². The molecule has 2 unspecified atom stereocenters. The standard InChI is InChI=1S/C8H9ClFNO2/c9-2-7(12)8(13)5-1-6(10)4-11-3-5/h1,3-4,7-8,12-13H,2H2. The Balaban J connectivity index is 2.82. The van der Waals surface area contributed by atoms with E-state index in [2.05, 4.69) is 4.98 Å². The van der Waals surface area contributed by atoms with Crippen LogP contribution in [0.2, 0.25) is 0 Å². The third kappa shape index (κ3) is 2.62. The second-order valence-electron chi connectivity index (χ2n) is 2.60. The molecule has 72 valence electrons. The monoisotopic (exact) mass is 205 g/mol. The van der Waals surface area contributed by atoms with Gasteiger partial charge in [0, 0.05) is 11.8 Å². The third-order valence-electron chi connectivity index (χ3n) is 1.59. The molecule has 1 rings (SSSR count). The number of pyridine rings is 1. The van der Waals surface area contributed by atoms with E-state index in [4.69, 9.17) is 16.7 Å². The second kappa shape index (κ2) is 4.50. The van der Waals surface area contributed by atoms with Gasteiger partial charge in [0.1, 0.15) is 11.9 Å². The fourth-order valence-electron chi connectivity index (χ4n) is 0.897. The van der Waals surface area contributed by atoms with E-state index < -0.39 is 18.0 Å². The van der Waals surface area contributed by atoms with Gasteiger partial charge in [0.15, 0.2) is 0 Å². The van der Waals surface area contributed by atoms with Crippen LogP contribution in [0.5, 0.6) is 0 Å². The van der Waals surface area contributed by atoms with Crippen LogP contribution in [0.15, 0.2) is 18.5 Å². The van der Waals surface area contributed by atoms with Crippen molar-refractivity contribution in [1.82, 2.24) is 4.98 Å². The van der Waals surface area contributed by atoms with E-state index in [1.165, 1.54) is 6.20 Å². The first-order chi connectivity index (χ1) is 6.15. The van der Waals surface area contributed by atoms with Gasteiger partial charge in [-0.1, -0.05) is 0 Å². The summed E-state index contributed by atoms with van der Waals surface area (Å²) < 4.78 is 12.6. The maximum absolute atomic E-state index is 12.6. The smallest absolute Gasteiger partial charge is 0.141 e. The molecule has 2 atom stereocenters. The number of rotatable bonds is 3. The number of hydrogen-bond donors (Lipinski definition) is 2. The summed E-state index contributed by atoms with van der Waals surface area (Å²) in [7, 11) is 0. The molecule has 0 aliphatic heterocycles. The van der Waals surface area contributed by atoms with E-state index in [0.717, 1.165) is 12.3 Å². The Hall–Kier alpha value is -0.710. The van der Waals surface area contributed by atoms with Crippen molar-refractivity contribution in [3.05, 3.63) is 29.8 Å². The lowest BCUT2D eigenvalue weighted by Gasteiger charge is -2.14. The van der Waals surface area contributed by atoms with E-state index in [0.29, 0.717) is 0 Å². The van der Waals surface area contributed by atoms with Crippen LogP contribution in [-0.4, -0.2) is 27.2 Å². The van der Waals surface area contributed by atoms with Crippen molar-refractivity contribution in [3.63, 3.8) is 0 Å². The zero-order valence-electron chi connectivity index (χ0n) is 6.69. The first kappa shape index (κ1) is 10.4. The number of nitrogens with zero attached hydrogens (tertiary/aromatic N) is 1. The normalized spacial score (nSPS) is 15.4. The Morgan fingerprint density at radius 2 is 2.15 bits per heavy atom. The van der Waals surface area contributed by atoms with Gasteiger partial charge in [-0.15, -0.1) is 11.6 Å². The van der Waals surface area contributed by atoms with Crippen LogP contribution in [0.1, 0.15) is 11.7 Å². The van der Waals surface area contributed by atoms with Gasteiger partial charge in [-0.3, -0.25) is 4.98 Å². The highest BCUT2D eigenvalue weighted by molar-refractivity contribution is 6.18. The number of hydrogen-bond acceptors (Lipinski definition) is 3. The molecule has 0 amide bonds. The highest BCUT2D eigenvalue weighted by Gasteiger charge is 2.17. The molecule has 0 spiro atoms. The molecule has 0 aliphatic rings. The lowest BCUT2D eigenvalue weighted by Crippen LogP contribution is -2.19. The summed E-state index contributed by atoms with van der Waals surface area (Å²) in [5.41, 5.74) is 0.216. The summed E-state index contributed by atoms with van der Waals surface area (Å²) in [6.07, 6.45) is -0.00161. The number of halogens is 2. The van der Waals surface area contributed by atoms with Crippen molar-refractivity contribution in [2.75, 3.05) is 5.88 Å². The minimum atomic E-state index is -1.19. The van der Waals surface area contributed by atoms with E-state index >= 15 is 0 Å². The van der Waals surface area contributed by atoms with Gasteiger partial charge < -0.3 is 10.2 Å². The van der Waals surface area contributed by atoms with Crippen molar-refractivity contribution in [1.29, 1.82) is 0 Å². The molecule has 1 aromatic rings. The molecule has 0 fully saturated rings. The molecule has 5 heteroatoms. The predicted octanol–water partition coefficient (Wildman–Crippen LogP) is 0.854. The number of aromatic nitrogens is 1. The Morgan fingerprint density at radius 1 is 1.46 bits per heavy atom. The van der Waals surface area contributed by atoms with Crippen molar-refractivity contribution >= 4 is 11.6 Å². The second-order valence-corrected chi connectivity index (χ2v) is 2.91. The Morgan fingerprint density at radius 3 is 2.69 bits per heavy atom. The van der Waals surface area contributed by atoms with Crippen molar-refractivity contribution < 1.29 is 14.6 Å². The summed E-state index contributed by atoms with van der Waals surface area (Å²) in [5.74, 6) is -0.671. The van der Waals surface area contributed by atoms with E-state index in [1.54, 1.807) is 0 Å². The van der Waals surface area contributed by atoms with E-state index in [9.17, 15) is 9.50 Å². The number of aliphatic hydroxyl groups excluding tert-OH is 2. The summed E-state index contributed by atoms with van der Waals surface area (Å²) in [6, 6.07) is 1.10. The zero-order chi connectivity index (χ0) is 9.84. The Kier molecular flexibility index (Phi) is 3.59. The first-order valence-corrected chi connectivity index (χ1v) is 4.21. The van der Waals surface area contributed by atoms with E-state index in [1.807, 2.05) is 0 Å². The third-order valence-corrected chi connectivity index (χ3v) is 1.91. The average molecular weight is 206 g/mol. The van der Waals surface area contributed by atoms with Crippen molar-refractivity contribution in [2.45, 2.75) is 12.2 Å². The maximum Gasteiger partial charge on any atom is 0.141 e. The maximum atomic E-state index is 12.6. The molecule has 0 aromatic carbocycles. The topological polar surface area (TPSA) is 53.4 Å². The van der Waals surface area contributed by atoms with Crippen LogP contribution in [0.3, 0.4) is 0 Å². The lowest BCUT2D eigenvalue weighted by molar-refractivity contribution is 0.0323. The predicted molar refractivity (Wildman–Crippen MR) is 45.9 cm³/mol. The van der Waals surface area contributed by atoms with Gasteiger partial charge in [0.05, 0.1) is 18.2 Å². The van der Waals surface area contributed by atoms with Crippen molar-refractivity contribution in [3.8, 4) is 0 Å². The molecular weight excluding hydrogens is 197 g/mol. The van der Waals surface area contributed by atoms with Crippen LogP contribution < -0.4 is 0 Å².